The SMILES string of the molecule is CCN(CC)C1CCN(C(=O)c2cccc(-c3cc(-c4ccc(O)c(C)c4)nc(=O)[nH]3)c2)C1. The van der Waals surface area contributed by atoms with Crippen molar-refractivity contribution in [2.45, 2.75) is 33.2 Å². The maximum absolute atomic E-state index is 13.2. The molecule has 0 aliphatic carbocycles. The summed E-state index contributed by atoms with van der Waals surface area (Å²) >= 11 is 0. The average Bonchev–Trinajstić information content (AvgIpc) is 3.31. The number of aryl methyl sites for hydroxylation is 1. The minimum atomic E-state index is -0.466. The minimum absolute atomic E-state index is 0.0114. The average molecular weight is 447 g/mol. The van der Waals surface area contributed by atoms with E-state index < -0.39 is 5.69 Å². The van der Waals surface area contributed by atoms with Gasteiger partial charge in [0.1, 0.15) is 5.75 Å². The highest BCUT2D eigenvalue weighted by molar-refractivity contribution is 5.95. The lowest BCUT2D eigenvalue weighted by Crippen LogP contribution is -2.38. The smallest absolute Gasteiger partial charge is 0.345 e. The van der Waals surface area contributed by atoms with Crippen molar-refractivity contribution < 1.29 is 9.90 Å². The number of rotatable bonds is 6. The topological polar surface area (TPSA) is 89.5 Å². The zero-order chi connectivity index (χ0) is 23.5. The Kier molecular flexibility index (Phi) is 6.60. The predicted molar refractivity (Wildman–Crippen MR) is 129 cm³/mol. The lowest BCUT2D eigenvalue weighted by molar-refractivity contribution is 0.0778. The Bertz CT molecular complexity index is 1220. The van der Waals surface area contributed by atoms with Crippen LogP contribution in [-0.2, 0) is 0 Å². The van der Waals surface area contributed by atoms with Crippen molar-refractivity contribution in [1.82, 2.24) is 19.8 Å². The summed E-state index contributed by atoms with van der Waals surface area (Å²) in [7, 11) is 0. The minimum Gasteiger partial charge on any atom is -0.508 e. The van der Waals surface area contributed by atoms with E-state index in [2.05, 4.69) is 28.7 Å². The van der Waals surface area contributed by atoms with E-state index in [1.54, 1.807) is 31.2 Å². The van der Waals surface area contributed by atoms with E-state index in [1.165, 1.54) is 0 Å². The summed E-state index contributed by atoms with van der Waals surface area (Å²) in [5, 5.41) is 9.80. The van der Waals surface area contributed by atoms with E-state index in [4.69, 9.17) is 0 Å². The molecule has 1 atom stereocenters. The number of nitrogens with zero attached hydrogens (tertiary/aromatic N) is 3. The van der Waals surface area contributed by atoms with Crippen molar-refractivity contribution in [3.05, 3.63) is 70.1 Å². The zero-order valence-electron chi connectivity index (χ0n) is 19.3. The Morgan fingerprint density at radius 2 is 1.94 bits per heavy atom. The fourth-order valence-corrected chi connectivity index (χ4v) is 4.54. The Balaban J connectivity index is 1.60. The normalized spacial score (nSPS) is 15.9. The molecule has 0 spiro atoms. The van der Waals surface area contributed by atoms with Gasteiger partial charge in [-0.05, 0) is 74.0 Å². The maximum atomic E-state index is 13.2. The standard InChI is InChI=1S/C26H30N4O3/c1-4-29(5-2)21-11-12-30(16-21)25(32)20-8-6-7-18(14-20)22-15-23(28-26(33)27-22)19-9-10-24(31)17(3)13-19/h6-10,13-15,21,31H,4-5,11-12,16H2,1-3H3,(H,27,28,33). The summed E-state index contributed by atoms with van der Waals surface area (Å²) in [5.74, 6) is 0.206. The van der Waals surface area contributed by atoms with Gasteiger partial charge in [0.15, 0.2) is 0 Å². The van der Waals surface area contributed by atoms with Crippen molar-refractivity contribution in [2.24, 2.45) is 0 Å². The van der Waals surface area contributed by atoms with Crippen molar-refractivity contribution in [3.63, 3.8) is 0 Å². The van der Waals surface area contributed by atoms with Crippen LogP contribution in [0.4, 0.5) is 0 Å². The third kappa shape index (κ3) is 4.83. The van der Waals surface area contributed by atoms with Crippen LogP contribution in [0.5, 0.6) is 5.75 Å². The molecule has 0 radical (unpaired) electrons. The van der Waals surface area contributed by atoms with E-state index in [1.807, 2.05) is 29.2 Å². The first kappa shape index (κ1) is 22.7. The second kappa shape index (κ2) is 9.58. The molecule has 2 aromatic carbocycles. The number of amides is 1. The Labute approximate surface area is 193 Å². The zero-order valence-corrected chi connectivity index (χ0v) is 19.3. The number of hydrogen-bond acceptors (Lipinski definition) is 5. The number of carbonyl (C=O) groups is 1. The largest absolute Gasteiger partial charge is 0.508 e. The van der Waals surface area contributed by atoms with Crippen LogP contribution < -0.4 is 5.69 Å². The molecule has 3 aromatic rings. The molecule has 1 aromatic heterocycles. The molecule has 1 unspecified atom stereocenters. The van der Waals surface area contributed by atoms with Crippen LogP contribution in [-0.4, -0.2) is 63.0 Å². The molecular formula is C26H30N4O3. The first-order chi connectivity index (χ1) is 15.9. The van der Waals surface area contributed by atoms with Crippen molar-refractivity contribution in [2.75, 3.05) is 26.2 Å². The molecule has 7 nitrogen and oxygen atoms in total. The van der Waals surface area contributed by atoms with Gasteiger partial charge in [0, 0.05) is 30.3 Å². The van der Waals surface area contributed by atoms with Crippen LogP contribution in [0.3, 0.4) is 0 Å². The first-order valence-corrected chi connectivity index (χ1v) is 11.4. The van der Waals surface area contributed by atoms with Gasteiger partial charge < -0.3 is 15.0 Å². The van der Waals surface area contributed by atoms with E-state index in [-0.39, 0.29) is 11.7 Å². The number of H-pyrrole nitrogens is 1. The second-order valence-electron chi connectivity index (χ2n) is 8.48. The molecule has 2 N–H and O–H groups in total. The monoisotopic (exact) mass is 446 g/mol. The molecule has 4 rings (SSSR count). The second-order valence-corrected chi connectivity index (χ2v) is 8.48. The number of hydrogen-bond donors (Lipinski definition) is 2. The molecule has 172 valence electrons. The number of likely N-dealkylation sites (tertiary alicyclic amines) is 1. The van der Waals surface area contributed by atoms with Crippen LogP contribution in [0.25, 0.3) is 22.5 Å². The number of likely N-dealkylation sites (N-methyl/N-ethyl adjacent to an activating group) is 1. The van der Waals surface area contributed by atoms with Gasteiger partial charge in [-0.1, -0.05) is 26.0 Å². The Morgan fingerprint density at radius 3 is 2.67 bits per heavy atom. The van der Waals surface area contributed by atoms with Crippen LogP contribution in [0.1, 0.15) is 36.2 Å². The number of carbonyl (C=O) groups excluding carboxylic acids is 1. The van der Waals surface area contributed by atoms with Gasteiger partial charge >= 0.3 is 5.69 Å². The first-order valence-electron chi connectivity index (χ1n) is 11.4. The highest BCUT2D eigenvalue weighted by atomic mass is 16.3. The molecule has 7 heteroatoms. The van der Waals surface area contributed by atoms with Crippen LogP contribution in [0.2, 0.25) is 0 Å². The van der Waals surface area contributed by atoms with Gasteiger partial charge in [-0.3, -0.25) is 9.69 Å². The molecule has 1 saturated heterocycles. The molecule has 33 heavy (non-hydrogen) atoms. The van der Waals surface area contributed by atoms with Crippen LogP contribution in [0.15, 0.2) is 53.3 Å². The molecule has 1 fully saturated rings. The fourth-order valence-electron chi connectivity index (χ4n) is 4.54. The van der Waals surface area contributed by atoms with E-state index in [0.29, 0.717) is 28.6 Å². The quantitative estimate of drug-likeness (QED) is 0.603. The summed E-state index contributed by atoms with van der Waals surface area (Å²) < 4.78 is 0. The van der Waals surface area contributed by atoms with Crippen molar-refractivity contribution in [1.29, 1.82) is 0 Å². The number of phenolic OH excluding ortho intramolecular Hbond substituents is 1. The summed E-state index contributed by atoms with van der Waals surface area (Å²) in [6, 6.07) is 14.7. The number of aromatic amines is 1. The summed E-state index contributed by atoms with van der Waals surface area (Å²) in [6.45, 7) is 9.56. The summed E-state index contributed by atoms with van der Waals surface area (Å²) in [6.07, 6.45) is 0.986. The predicted octanol–water partition coefficient (Wildman–Crippen LogP) is 3.67. The van der Waals surface area contributed by atoms with Gasteiger partial charge in [0.2, 0.25) is 0 Å². The molecule has 1 aliphatic rings. The van der Waals surface area contributed by atoms with Crippen LogP contribution >= 0.6 is 0 Å². The van der Waals surface area contributed by atoms with E-state index >= 15 is 0 Å². The van der Waals surface area contributed by atoms with Gasteiger partial charge in [-0.2, -0.15) is 4.98 Å². The van der Waals surface area contributed by atoms with E-state index in [9.17, 15) is 14.7 Å². The summed E-state index contributed by atoms with van der Waals surface area (Å²) in [4.78, 5) is 36.7. The molecule has 1 amide bonds. The molecule has 0 saturated carbocycles. The molecule has 0 bridgehead atoms. The molecular weight excluding hydrogens is 416 g/mol. The van der Waals surface area contributed by atoms with Crippen molar-refractivity contribution >= 4 is 5.91 Å². The highest BCUT2D eigenvalue weighted by Crippen LogP contribution is 2.27. The van der Waals surface area contributed by atoms with Crippen molar-refractivity contribution in [3.8, 4) is 28.3 Å². The summed E-state index contributed by atoms with van der Waals surface area (Å²) in [5.41, 5.74) is 3.43. The third-order valence-electron chi connectivity index (χ3n) is 6.44. The molecule has 1 aliphatic heterocycles. The van der Waals surface area contributed by atoms with Gasteiger partial charge in [0.25, 0.3) is 5.91 Å². The number of phenols is 1. The maximum Gasteiger partial charge on any atom is 0.345 e. The van der Waals surface area contributed by atoms with Gasteiger partial charge in [0.05, 0.1) is 11.4 Å². The number of aromatic hydroxyl groups is 1. The molecule has 2 heterocycles. The fraction of sp³-hybridized carbons (Fsp3) is 0.346. The van der Waals surface area contributed by atoms with Crippen LogP contribution in [0, 0.1) is 6.92 Å². The number of aromatic nitrogens is 2. The lowest BCUT2D eigenvalue weighted by atomic mass is 10.0. The Morgan fingerprint density at radius 1 is 1.15 bits per heavy atom. The number of benzene rings is 2. The van der Waals surface area contributed by atoms with Gasteiger partial charge in [-0.15, -0.1) is 0 Å². The highest BCUT2D eigenvalue weighted by Gasteiger charge is 2.29. The van der Waals surface area contributed by atoms with Gasteiger partial charge in [-0.25, -0.2) is 4.79 Å². The van der Waals surface area contributed by atoms with E-state index in [0.717, 1.165) is 43.7 Å². The Hall–Kier alpha value is -3.45. The number of nitrogens with one attached hydrogen (secondary N) is 1. The third-order valence-corrected chi connectivity index (χ3v) is 6.44. The lowest BCUT2D eigenvalue weighted by Gasteiger charge is -2.26.